The fraction of sp³-hybridized carbons (Fsp3) is 0.692. The molecule has 0 aromatic carbocycles. The maximum atomic E-state index is 5.83. The molecule has 1 aliphatic heterocycles. The van der Waals surface area contributed by atoms with Crippen molar-refractivity contribution in [3.05, 3.63) is 17.6 Å². The number of nitrogens with zero attached hydrogens (tertiary/aromatic N) is 2. The second kappa shape index (κ2) is 5.00. The third kappa shape index (κ3) is 3.16. The number of rotatable bonds is 3. The second-order valence-electron chi connectivity index (χ2n) is 5.25. The van der Waals surface area contributed by atoms with Crippen molar-refractivity contribution in [2.45, 2.75) is 52.2 Å². The van der Waals surface area contributed by atoms with E-state index in [1.807, 2.05) is 6.07 Å². The lowest BCUT2D eigenvalue weighted by Crippen LogP contribution is -2.10. The number of hydrogen-bond donors (Lipinski definition) is 1. The van der Waals surface area contributed by atoms with Gasteiger partial charge in [0.1, 0.15) is 11.9 Å². The van der Waals surface area contributed by atoms with Crippen molar-refractivity contribution in [1.82, 2.24) is 9.97 Å². The highest BCUT2D eigenvalue weighted by atomic mass is 16.5. The zero-order chi connectivity index (χ0) is 12.4. The summed E-state index contributed by atoms with van der Waals surface area (Å²) in [4.78, 5) is 8.87. The molecule has 4 heteroatoms. The molecule has 0 saturated carbocycles. The Bertz CT molecular complexity index is 392. The van der Waals surface area contributed by atoms with Crippen LogP contribution in [0.2, 0.25) is 0 Å². The van der Waals surface area contributed by atoms with Crippen molar-refractivity contribution in [2.75, 3.05) is 5.73 Å². The Morgan fingerprint density at radius 2 is 2.18 bits per heavy atom. The summed E-state index contributed by atoms with van der Waals surface area (Å²) >= 11 is 0. The average Bonchev–Trinajstić information content (AvgIpc) is 2.62. The van der Waals surface area contributed by atoms with Gasteiger partial charge in [-0.3, -0.25) is 0 Å². The van der Waals surface area contributed by atoms with Gasteiger partial charge >= 0.3 is 0 Å². The Morgan fingerprint density at radius 3 is 2.76 bits per heavy atom. The Hall–Kier alpha value is -1.16. The van der Waals surface area contributed by atoms with Gasteiger partial charge in [0, 0.05) is 11.8 Å². The van der Waals surface area contributed by atoms with Crippen molar-refractivity contribution in [3.63, 3.8) is 0 Å². The Labute approximate surface area is 103 Å². The van der Waals surface area contributed by atoms with Crippen LogP contribution in [0.1, 0.15) is 51.2 Å². The molecule has 2 N–H and O–H groups in total. The van der Waals surface area contributed by atoms with E-state index in [-0.39, 0.29) is 6.10 Å². The summed E-state index contributed by atoms with van der Waals surface area (Å²) in [5.41, 5.74) is 6.85. The molecule has 2 unspecified atom stereocenters. The number of hydrogen-bond acceptors (Lipinski definition) is 4. The van der Waals surface area contributed by atoms with Gasteiger partial charge in [-0.25, -0.2) is 9.97 Å². The molecule has 2 atom stereocenters. The number of nitrogens with two attached hydrogens (primary N) is 1. The summed E-state index contributed by atoms with van der Waals surface area (Å²) in [5, 5.41) is 0. The van der Waals surface area contributed by atoms with E-state index < -0.39 is 0 Å². The van der Waals surface area contributed by atoms with Crippen molar-refractivity contribution < 1.29 is 4.74 Å². The third-order valence-electron chi connectivity index (χ3n) is 2.95. The first-order valence-corrected chi connectivity index (χ1v) is 6.33. The predicted octanol–water partition coefficient (Wildman–Crippen LogP) is 2.50. The highest BCUT2D eigenvalue weighted by Gasteiger charge is 2.26. The summed E-state index contributed by atoms with van der Waals surface area (Å²) < 4.78 is 5.78. The van der Waals surface area contributed by atoms with Crippen LogP contribution < -0.4 is 5.73 Å². The van der Waals surface area contributed by atoms with Crippen molar-refractivity contribution in [1.29, 1.82) is 0 Å². The molecule has 0 bridgehead atoms. The van der Waals surface area contributed by atoms with Crippen molar-refractivity contribution in [2.24, 2.45) is 5.92 Å². The quantitative estimate of drug-likeness (QED) is 0.874. The number of aromatic nitrogens is 2. The van der Waals surface area contributed by atoms with Crippen molar-refractivity contribution >= 4 is 5.82 Å². The number of anilines is 1. The van der Waals surface area contributed by atoms with Gasteiger partial charge in [0.2, 0.25) is 0 Å². The summed E-state index contributed by atoms with van der Waals surface area (Å²) in [6.07, 6.45) is 3.33. The van der Waals surface area contributed by atoms with Crippen LogP contribution in [0.4, 0.5) is 5.82 Å². The molecule has 17 heavy (non-hydrogen) atoms. The lowest BCUT2D eigenvalue weighted by molar-refractivity contribution is 0.0502. The number of ether oxygens (including phenoxy) is 1. The van der Waals surface area contributed by atoms with Crippen molar-refractivity contribution in [3.8, 4) is 0 Å². The van der Waals surface area contributed by atoms with Crippen LogP contribution in [0.5, 0.6) is 0 Å². The van der Waals surface area contributed by atoms with E-state index in [2.05, 4.69) is 30.7 Å². The SMILES string of the molecule is CC(C)Cc1cc(N)nc(C2CCC(C)O2)n1. The molecule has 1 aliphatic rings. The van der Waals surface area contributed by atoms with E-state index in [0.29, 0.717) is 17.8 Å². The smallest absolute Gasteiger partial charge is 0.159 e. The minimum atomic E-state index is 0.0272. The highest BCUT2D eigenvalue weighted by Crippen LogP contribution is 2.30. The first-order chi connectivity index (χ1) is 8.04. The first-order valence-electron chi connectivity index (χ1n) is 6.33. The average molecular weight is 235 g/mol. The van der Waals surface area contributed by atoms with Crippen LogP contribution >= 0.6 is 0 Å². The molecule has 1 aromatic rings. The van der Waals surface area contributed by atoms with Gasteiger partial charge < -0.3 is 10.5 Å². The van der Waals surface area contributed by atoms with E-state index >= 15 is 0 Å². The van der Waals surface area contributed by atoms with E-state index in [9.17, 15) is 0 Å². The molecule has 1 aromatic heterocycles. The zero-order valence-electron chi connectivity index (χ0n) is 10.8. The fourth-order valence-electron chi connectivity index (χ4n) is 2.20. The molecule has 0 radical (unpaired) electrons. The third-order valence-corrected chi connectivity index (χ3v) is 2.95. The van der Waals surface area contributed by atoms with Gasteiger partial charge in [-0.05, 0) is 32.1 Å². The molecule has 0 aliphatic carbocycles. The normalized spacial score (nSPS) is 24.5. The predicted molar refractivity (Wildman–Crippen MR) is 67.5 cm³/mol. The molecule has 1 saturated heterocycles. The monoisotopic (exact) mass is 235 g/mol. The van der Waals surface area contributed by atoms with Crippen LogP contribution in [0.15, 0.2) is 6.07 Å². The number of nitrogen functional groups attached to an aromatic ring is 1. The first kappa shape index (κ1) is 12.3. The molecular weight excluding hydrogens is 214 g/mol. The summed E-state index contributed by atoms with van der Waals surface area (Å²) in [5.74, 6) is 1.87. The van der Waals surface area contributed by atoms with Gasteiger partial charge in [0.25, 0.3) is 0 Å². The lowest BCUT2D eigenvalue weighted by atomic mass is 10.1. The molecule has 4 nitrogen and oxygen atoms in total. The maximum Gasteiger partial charge on any atom is 0.159 e. The zero-order valence-corrected chi connectivity index (χ0v) is 10.8. The largest absolute Gasteiger partial charge is 0.384 e. The fourth-order valence-corrected chi connectivity index (χ4v) is 2.20. The molecular formula is C13H21N3O. The maximum absolute atomic E-state index is 5.83. The summed E-state index contributed by atoms with van der Waals surface area (Å²) in [6, 6.07) is 1.86. The molecule has 94 valence electrons. The van der Waals surface area contributed by atoms with E-state index in [4.69, 9.17) is 10.5 Å². The standard InChI is InChI=1S/C13H21N3O/c1-8(2)6-10-7-12(14)16-13(15-10)11-5-4-9(3)17-11/h7-9,11H,4-6H2,1-3H3,(H2,14,15,16). The molecule has 2 heterocycles. The van der Waals surface area contributed by atoms with E-state index in [1.54, 1.807) is 0 Å². The van der Waals surface area contributed by atoms with Crippen LogP contribution in [-0.2, 0) is 11.2 Å². The topological polar surface area (TPSA) is 61.0 Å². The van der Waals surface area contributed by atoms with Gasteiger partial charge in [-0.2, -0.15) is 0 Å². The molecule has 1 fully saturated rings. The molecule has 2 rings (SSSR count). The Kier molecular flexibility index (Phi) is 3.62. The van der Waals surface area contributed by atoms with E-state index in [1.165, 1.54) is 0 Å². The van der Waals surface area contributed by atoms with Gasteiger partial charge in [0.05, 0.1) is 6.10 Å². The van der Waals surface area contributed by atoms with E-state index in [0.717, 1.165) is 30.8 Å². The Balaban J connectivity index is 2.19. The summed E-state index contributed by atoms with van der Waals surface area (Å²) in [6.45, 7) is 6.43. The molecule has 0 amide bonds. The molecule has 0 spiro atoms. The lowest BCUT2D eigenvalue weighted by Gasteiger charge is -2.12. The Morgan fingerprint density at radius 1 is 1.41 bits per heavy atom. The van der Waals surface area contributed by atoms with Crippen LogP contribution in [0, 0.1) is 5.92 Å². The minimum absolute atomic E-state index is 0.0272. The second-order valence-corrected chi connectivity index (χ2v) is 5.25. The van der Waals surface area contributed by atoms with Crippen LogP contribution in [-0.4, -0.2) is 16.1 Å². The van der Waals surface area contributed by atoms with Gasteiger partial charge in [-0.15, -0.1) is 0 Å². The van der Waals surface area contributed by atoms with Crippen LogP contribution in [0.25, 0.3) is 0 Å². The van der Waals surface area contributed by atoms with Crippen LogP contribution in [0.3, 0.4) is 0 Å². The summed E-state index contributed by atoms with van der Waals surface area (Å²) in [7, 11) is 0. The van der Waals surface area contributed by atoms with Gasteiger partial charge in [-0.1, -0.05) is 13.8 Å². The highest BCUT2D eigenvalue weighted by molar-refractivity contribution is 5.30. The minimum Gasteiger partial charge on any atom is -0.384 e. The van der Waals surface area contributed by atoms with Gasteiger partial charge in [0.15, 0.2) is 5.82 Å².